The zero-order valence-electron chi connectivity index (χ0n) is 11.6. The summed E-state index contributed by atoms with van der Waals surface area (Å²) in [6.45, 7) is -0.193. The van der Waals surface area contributed by atoms with Gasteiger partial charge in [-0.3, -0.25) is 9.89 Å². The van der Waals surface area contributed by atoms with Crippen molar-refractivity contribution in [1.82, 2.24) is 15.5 Å². The Kier molecular flexibility index (Phi) is 4.09. The van der Waals surface area contributed by atoms with Crippen molar-refractivity contribution in [3.05, 3.63) is 64.8 Å². The van der Waals surface area contributed by atoms with E-state index in [9.17, 15) is 9.90 Å². The summed E-state index contributed by atoms with van der Waals surface area (Å²) in [5.74, 6) is -0.253. The average Bonchev–Trinajstić information content (AvgIpc) is 3.01. The first kappa shape index (κ1) is 14.6. The lowest BCUT2D eigenvalue weighted by Crippen LogP contribution is -2.30. The molecule has 3 N–H and O–H groups in total. The first-order valence-electron chi connectivity index (χ1n) is 6.77. The van der Waals surface area contributed by atoms with Crippen molar-refractivity contribution >= 4 is 28.4 Å². The van der Waals surface area contributed by atoms with Gasteiger partial charge in [0, 0.05) is 16.0 Å². The van der Waals surface area contributed by atoms with Gasteiger partial charge in [0.05, 0.1) is 24.4 Å². The second-order valence-electron chi connectivity index (χ2n) is 4.93. The van der Waals surface area contributed by atoms with Gasteiger partial charge in [0.25, 0.3) is 5.91 Å². The highest BCUT2D eigenvalue weighted by Gasteiger charge is 2.15. The molecule has 112 valence electrons. The number of carbonyl (C=O) groups excluding carboxylic acids is 1. The smallest absolute Gasteiger partial charge is 0.251 e. The molecular weight excluding hydrogens is 302 g/mol. The lowest BCUT2D eigenvalue weighted by atomic mass is 10.1. The number of aliphatic hydroxyl groups excluding tert-OH is 1. The predicted octanol–water partition coefficient (Wildman–Crippen LogP) is 2.68. The highest BCUT2D eigenvalue weighted by molar-refractivity contribution is 6.30. The Morgan fingerprint density at radius 1 is 1.27 bits per heavy atom. The van der Waals surface area contributed by atoms with Crippen LogP contribution < -0.4 is 5.32 Å². The fourth-order valence-corrected chi connectivity index (χ4v) is 2.38. The quantitative estimate of drug-likeness (QED) is 0.692. The summed E-state index contributed by atoms with van der Waals surface area (Å²) in [6.07, 6.45) is 1.66. The second kappa shape index (κ2) is 6.17. The van der Waals surface area contributed by atoms with Crippen LogP contribution in [0.15, 0.2) is 48.7 Å². The van der Waals surface area contributed by atoms with Gasteiger partial charge >= 0.3 is 0 Å². The minimum absolute atomic E-state index is 0.193. The van der Waals surface area contributed by atoms with E-state index < -0.39 is 6.04 Å². The molecule has 0 bridgehead atoms. The van der Waals surface area contributed by atoms with E-state index in [4.69, 9.17) is 11.6 Å². The Balaban J connectivity index is 1.80. The summed E-state index contributed by atoms with van der Waals surface area (Å²) in [5.41, 5.74) is 2.18. The van der Waals surface area contributed by atoms with E-state index >= 15 is 0 Å². The second-order valence-corrected chi connectivity index (χ2v) is 5.37. The molecule has 1 atom stereocenters. The number of benzene rings is 2. The third-order valence-corrected chi connectivity index (χ3v) is 3.71. The van der Waals surface area contributed by atoms with Gasteiger partial charge in [-0.2, -0.15) is 5.10 Å². The fourth-order valence-electron chi connectivity index (χ4n) is 2.26. The van der Waals surface area contributed by atoms with E-state index in [1.807, 2.05) is 0 Å². The van der Waals surface area contributed by atoms with Gasteiger partial charge in [-0.25, -0.2) is 0 Å². The normalized spacial score (nSPS) is 12.3. The summed E-state index contributed by atoms with van der Waals surface area (Å²) >= 11 is 5.85. The molecule has 0 radical (unpaired) electrons. The molecule has 22 heavy (non-hydrogen) atoms. The summed E-state index contributed by atoms with van der Waals surface area (Å²) in [5, 5.41) is 20.6. The fraction of sp³-hybridized carbons (Fsp3) is 0.125. The van der Waals surface area contributed by atoms with Crippen LogP contribution in [0.3, 0.4) is 0 Å². The molecular formula is C16H14ClN3O2. The minimum Gasteiger partial charge on any atom is -0.394 e. The molecule has 6 heteroatoms. The number of aromatic nitrogens is 2. The summed E-state index contributed by atoms with van der Waals surface area (Å²) < 4.78 is 0. The number of nitrogens with zero attached hydrogens (tertiary/aromatic N) is 1. The number of H-pyrrole nitrogens is 1. The molecule has 1 heterocycles. The van der Waals surface area contributed by atoms with E-state index in [1.165, 1.54) is 0 Å². The molecule has 1 amide bonds. The zero-order valence-corrected chi connectivity index (χ0v) is 12.3. The average molecular weight is 316 g/mol. The molecule has 0 aliphatic carbocycles. The third kappa shape index (κ3) is 2.95. The number of amides is 1. The van der Waals surface area contributed by atoms with Crippen LogP contribution in [0.2, 0.25) is 5.02 Å². The van der Waals surface area contributed by atoms with Gasteiger partial charge < -0.3 is 10.4 Å². The molecule has 2 aromatic carbocycles. The van der Waals surface area contributed by atoms with Crippen LogP contribution in [-0.4, -0.2) is 27.8 Å². The number of aromatic amines is 1. The Morgan fingerprint density at radius 3 is 2.77 bits per heavy atom. The Labute approximate surface area is 131 Å². The monoisotopic (exact) mass is 315 g/mol. The van der Waals surface area contributed by atoms with Crippen molar-refractivity contribution in [1.29, 1.82) is 0 Å². The van der Waals surface area contributed by atoms with Gasteiger partial charge in [0.15, 0.2) is 0 Å². The van der Waals surface area contributed by atoms with E-state index in [2.05, 4.69) is 15.5 Å². The standard InChI is InChI=1S/C16H14ClN3O2/c17-13-4-1-10(2-5-13)15(9-21)19-16(22)11-3-6-14-12(7-11)8-18-20-14/h1-8,15,21H,9H2,(H,18,20)(H,19,22). The van der Waals surface area contributed by atoms with Gasteiger partial charge in [-0.1, -0.05) is 23.7 Å². The number of halogens is 1. The Hall–Kier alpha value is -2.37. The zero-order chi connectivity index (χ0) is 15.5. The molecule has 0 aliphatic heterocycles. The molecule has 0 aliphatic rings. The summed E-state index contributed by atoms with van der Waals surface area (Å²) in [7, 11) is 0. The van der Waals surface area contributed by atoms with Crippen LogP contribution in [0.25, 0.3) is 10.9 Å². The van der Waals surface area contributed by atoms with Gasteiger partial charge in [0.1, 0.15) is 0 Å². The molecule has 3 rings (SSSR count). The van der Waals surface area contributed by atoms with Crippen LogP contribution in [0.1, 0.15) is 22.0 Å². The summed E-state index contributed by atoms with van der Waals surface area (Å²) in [4.78, 5) is 12.3. The summed E-state index contributed by atoms with van der Waals surface area (Å²) in [6, 6.07) is 11.8. The number of carbonyl (C=O) groups is 1. The van der Waals surface area contributed by atoms with Crippen molar-refractivity contribution in [2.45, 2.75) is 6.04 Å². The lowest BCUT2D eigenvalue weighted by Gasteiger charge is -2.17. The van der Waals surface area contributed by atoms with E-state index in [1.54, 1.807) is 48.7 Å². The van der Waals surface area contributed by atoms with Crippen molar-refractivity contribution in [3.63, 3.8) is 0 Å². The van der Waals surface area contributed by atoms with Crippen LogP contribution in [-0.2, 0) is 0 Å². The molecule has 1 unspecified atom stereocenters. The molecule has 3 aromatic rings. The number of fused-ring (bicyclic) bond motifs is 1. The number of nitrogens with one attached hydrogen (secondary N) is 2. The van der Waals surface area contributed by atoms with E-state index in [0.29, 0.717) is 10.6 Å². The minimum atomic E-state index is -0.482. The van der Waals surface area contributed by atoms with Crippen molar-refractivity contribution in [3.8, 4) is 0 Å². The maximum Gasteiger partial charge on any atom is 0.251 e. The van der Waals surface area contributed by atoms with Crippen molar-refractivity contribution < 1.29 is 9.90 Å². The molecule has 0 spiro atoms. The maximum atomic E-state index is 12.3. The largest absolute Gasteiger partial charge is 0.394 e. The molecule has 5 nitrogen and oxygen atoms in total. The molecule has 0 saturated heterocycles. The first-order valence-corrected chi connectivity index (χ1v) is 7.15. The highest BCUT2D eigenvalue weighted by atomic mass is 35.5. The van der Waals surface area contributed by atoms with Gasteiger partial charge in [-0.05, 0) is 35.9 Å². The van der Waals surface area contributed by atoms with Crippen molar-refractivity contribution in [2.75, 3.05) is 6.61 Å². The third-order valence-electron chi connectivity index (χ3n) is 3.46. The van der Waals surface area contributed by atoms with Crippen LogP contribution >= 0.6 is 11.6 Å². The number of hydrogen-bond donors (Lipinski definition) is 3. The lowest BCUT2D eigenvalue weighted by molar-refractivity contribution is 0.0916. The van der Waals surface area contributed by atoms with E-state index in [-0.39, 0.29) is 12.5 Å². The van der Waals surface area contributed by atoms with Crippen LogP contribution in [0, 0.1) is 0 Å². The highest BCUT2D eigenvalue weighted by Crippen LogP contribution is 2.18. The SMILES string of the molecule is O=C(NC(CO)c1ccc(Cl)cc1)c1ccc2[nH]ncc2c1. The van der Waals surface area contributed by atoms with Crippen LogP contribution in [0.5, 0.6) is 0 Å². The number of rotatable bonds is 4. The van der Waals surface area contributed by atoms with Gasteiger partial charge in [-0.15, -0.1) is 0 Å². The first-order chi connectivity index (χ1) is 10.7. The Bertz CT molecular complexity index is 799. The molecule has 0 saturated carbocycles. The number of hydrogen-bond acceptors (Lipinski definition) is 3. The van der Waals surface area contributed by atoms with E-state index in [0.717, 1.165) is 16.5 Å². The number of aliphatic hydroxyl groups is 1. The van der Waals surface area contributed by atoms with Gasteiger partial charge in [0.2, 0.25) is 0 Å². The van der Waals surface area contributed by atoms with Crippen molar-refractivity contribution in [2.24, 2.45) is 0 Å². The van der Waals surface area contributed by atoms with Crippen LogP contribution in [0.4, 0.5) is 0 Å². The molecule has 1 aromatic heterocycles. The predicted molar refractivity (Wildman–Crippen MR) is 84.8 cm³/mol. The molecule has 0 fully saturated rings. The Morgan fingerprint density at radius 2 is 2.05 bits per heavy atom. The topological polar surface area (TPSA) is 78.0 Å². The maximum absolute atomic E-state index is 12.3.